The van der Waals surface area contributed by atoms with E-state index in [0.29, 0.717) is 31.0 Å². The molecule has 4 rings (SSSR count). The molecule has 0 aliphatic carbocycles. The number of rotatable bonds is 6. The van der Waals surface area contributed by atoms with E-state index in [9.17, 15) is 13.2 Å². The van der Waals surface area contributed by atoms with Crippen LogP contribution < -0.4 is 0 Å². The molecule has 0 spiro atoms. The highest BCUT2D eigenvalue weighted by Crippen LogP contribution is 2.21. The van der Waals surface area contributed by atoms with Gasteiger partial charge in [0, 0.05) is 50.8 Å². The van der Waals surface area contributed by atoms with E-state index in [4.69, 9.17) is 11.6 Å². The van der Waals surface area contributed by atoms with Gasteiger partial charge in [0.25, 0.3) is 0 Å². The number of hydrogen-bond acceptors (Lipinski definition) is 4. The summed E-state index contributed by atoms with van der Waals surface area (Å²) in [6.45, 7) is 5.27. The third kappa shape index (κ3) is 6.35. The van der Waals surface area contributed by atoms with Gasteiger partial charge in [0.05, 0.1) is 11.3 Å². The Morgan fingerprint density at radius 1 is 0.758 bits per heavy atom. The van der Waals surface area contributed by atoms with Gasteiger partial charge >= 0.3 is 0 Å². The van der Waals surface area contributed by atoms with Gasteiger partial charge in [0.2, 0.25) is 15.9 Å². The number of amides is 1. The standard InChI is InChI=1S/C25H32ClN3O3S/c26-23-9-5-22(6-10-23)20-27-13-4-14-28(18-17-27)25(30)19-21-7-11-24(12-8-21)33(31,32)29-15-2-1-3-16-29/h5-12H,1-4,13-20H2. The van der Waals surface area contributed by atoms with E-state index in [-0.39, 0.29) is 5.91 Å². The fourth-order valence-corrected chi connectivity index (χ4v) is 6.19. The van der Waals surface area contributed by atoms with Crippen molar-refractivity contribution in [1.82, 2.24) is 14.1 Å². The molecule has 2 aromatic rings. The summed E-state index contributed by atoms with van der Waals surface area (Å²) in [7, 11) is -3.44. The van der Waals surface area contributed by atoms with Crippen LogP contribution in [0.3, 0.4) is 0 Å². The SMILES string of the molecule is O=C(Cc1ccc(S(=O)(=O)N2CCCCC2)cc1)N1CCCN(Cc2ccc(Cl)cc2)CC1. The number of halogens is 1. The number of hydrogen-bond donors (Lipinski definition) is 0. The summed E-state index contributed by atoms with van der Waals surface area (Å²) in [5, 5.41) is 0.739. The lowest BCUT2D eigenvalue weighted by molar-refractivity contribution is -0.130. The van der Waals surface area contributed by atoms with Gasteiger partial charge in [-0.1, -0.05) is 42.3 Å². The van der Waals surface area contributed by atoms with Crippen LogP contribution >= 0.6 is 11.6 Å². The zero-order chi connectivity index (χ0) is 23.3. The quantitative estimate of drug-likeness (QED) is 0.619. The van der Waals surface area contributed by atoms with Crippen LogP contribution in [0.5, 0.6) is 0 Å². The molecule has 0 unspecified atom stereocenters. The van der Waals surface area contributed by atoms with Gasteiger partial charge in [0.1, 0.15) is 0 Å². The lowest BCUT2D eigenvalue weighted by atomic mass is 10.1. The highest BCUT2D eigenvalue weighted by Gasteiger charge is 2.26. The second-order valence-corrected chi connectivity index (χ2v) is 11.3. The van der Waals surface area contributed by atoms with Crippen molar-refractivity contribution in [1.29, 1.82) is 0 Å². The summed E-state index contributed by atoms with van der Waals surface area (Å²) in [4.78, 5) is 17.5. The molecule has 8 heteroatoms. The average molecular weight is 490 g/mol. The highest BCUT2D eigenvalue weighted by molar-refractivity contribution is 7.89. The summed E-state index contributed by atoms with van der Waals surface area (Å²) < 4.78 is 27.2. The molecule has 0 saturated carbocycles. The molecule has 2 heterocycles. The van der Waals surface area contributed by atoms with Crippen molar-refractivity contribution in [3.05, 3.63) is 64.7 Å². The van der Waals surface area contributed by atoms with Gasteiger partial charge in [-0.2, -0.15) is 4.31 Å². The first-order chi connectivity index (χ1) is 15.9. The van der Waals surface area contributed by atoms with Crippen LogP contribution in [0.25, 0.3) is 0 Å². The lowest BCUT2D eigenvalue weighted by Crippen LogP contribution is -2.36. The summed E-state index contributed by atoms with van der Waals surface area (Å²) >= 11 is 5.98. The van der Waals surface area contributed by atoms with Crippen LogP contribution in [0, 0.1) is 0 Å². The highest BCUT2D eigenvalue weighted by atomic mass is 35.5. The fourth-order valence-electron chi connectivity index (χ4n) is 4.55. The molecule has 2 fully saturated rings. The zero-order valence-corrected chi connectivity index (χ0v) is 20.5. The van der Waals surface area contributed by atoms with Crippen LogP contribution in [0.15, 0.2) is 53.4 Å². The van der Waals surface area contributed by atoms with E-state index in [0.717, 1.165) is 62.4 Å². The molecular formula is C25H32ClN3O3S. The molecule has 0 N–H and O–H groups in total. The van der Waals surface area contributed by atoms with E-state index in [2.05, 4.69) is 4.90 Å². The maximum absolute atomic E-state index is 12.9. The largest absolute Gasteiger partial charge is 0.341 e. The Balaban J connectivity index is 1.31. The Labute approximate surface area is 202 Å². The van der Waals surface area contributed by atoms with E-state index in [1.807, 2.05) is 29.2 Å². The second kappa shape index (κ2) is 11.0. The van der Waals surface area contributed by atoms with Crippen LogP contribution in [0.4, 0.5) is 0 Å². The number of carbonyl (C=O) groups is 1. The van der Waals surface area contributed by atoms with Gasteiger partial charge in [-0.3, -0.25) is 9.69 Å². The second-order valence-electron chi connectivity index (χ2n) is 8.92. The Morgan fingerprint density at radius 2 is 1.42 bits per heavy atom. The van der Waals surface area contributed by atoms with Crippen molar-refractivity contribution in [2.24, 2.45) is 0 Å². The predicted octanol–water partition coefficient (Wildman–Crippen LogP) is 3.79. The fraction of sp³-hybridized carbons (Fsp3) is 0.480. The molecule has 0 bridgehead atoms. The minimum atomic E-state index is -3.44. The number of benzene rings is 2. The molecule has 2 aromatic carbocycles. The van der Waals surface area contributed by atoms with Crippen LogP contribution in [-0.4, -0.2) is 67.7 Å². The van der Waals surface area contributed by atoms with Crippen molar-refractivity contribution >= 4 is 27.5 Å². The Hall–Kier alpha value is -1.93. The smallest absolute Gasteiger partial charge is 0.243 e. The molecule has 1 amide bonds. The Kier molecular flexibility index (Phi) is 8.07. The minimum absolute atomic E-state index is 0.0926. The zero-order valence-electron chi connectivity index (χ0n) is 19.0. The van der Waals surface area contributed by atoms with Gasteiger partial charge in [0.15, 0.2) is 0 Å². The third-order valence-electron chi connectivity index (χ3n) is 6.49. The Bertz CT molecular complexity index is 1040. The molecule has 2 aliphatic heterocycles. The summed E-state index contributed by atoms with van der Waals surface area (Å²) in [5.74, 6) is 0.0926. The predicted molar refractivity (Wildman–Crippen MR) is 131 cm³/mol. The van der Waals surface area contributed by atoms with Crippen molar-refractivity contribution in [3.63, 3.8) is 0 Å². The van der Waals surface area contributed by atoms with Gasteiger partial charge < -0.3 is 4.90 Å². The third-order valence-corrected chi connectivity index (χ3v) is 8.66. The van der Waals surface area contributed by atoms with Crippen molar-refractivity contribution in [3.8, 4) is 0 Å². The number of nitrogens with zero attached hydrogens (tertiary/aromatic N) is 3. The first-order valence-electron chi connectivity index (χ1n) is 11.8. The summed E-state index contributed by atoms with van der Waals surface area (Å²) in [6, 6.07) is 14.8. The maximum Gasteiger partial charge on any atom is 0.243 e. The summed E-state index contributed by atoms with van der Waals surface area (Å²) in [5.41, 5.74) is 2.07. The molecule has 2 aliphatic rings. The van der Waals surface area contributed by atoms with Crippen molar-refractivity contribution in [2.45, 2.75) is 43.5 Å². The molecule has 0 atom stereocenters. The normalized spacial score (nSPS) is 18.8. The molecule has 0 radical (unpaired) electrons. The topological polar surface area (TPSA) is 60.9 Å². The number of piperidine rings is 1. The average Bonchev–Trinajstić information content (AvgIpc) is 3.07. The first-order valence-corrected chi connectivity index (χ1v) is 13.6. The van der Waals surface area contributed by atoms with Crippen molar-refractivity contribution < 1.29 is 13.2 Å². The first kappa shape index (κ1) is 24.2. The molecule has 0 aromatic heterocycles. The van der Waals surface area contributed by atoms with Gasteiger partial charge in [-0.15, -0.1) is 0 Å². The molecule has 33 heavy (non-hydrogen) atoms. The number of carbonyl (C=O) groups excluding carboxylic acids is 1. The van der Waals surface area contributed by atoms with Gasteiger partial charge in [-0.25, -0.2) is 8.42 Å². The van der Waals surface area contributed by atoms with Crippen molar-refractivity contribution in [2.75, 3.05) is 39.3 Å². The molecule has 178 valence electrons. The maximum atomic E-state index is 12.9. The number of sulfonamides is 1. The Morgan fingerprint density at radius 3 is 2.12 bits per heavy atom. The van der Waals surface area contributed by atoms with Gasteiger partial charge in [-0.05, 0) is 54.7 Å². The van der Waals surface area contributed by atoms with E-state index < -0.39 is 10.0 Å². The molecule has 2 saturated heterocycles. The molecular weight excluding hydrogens is 458 g/mol. The monoisotopic (exact) mass is 489 g/mol. The van der Waals surface area contributed by atoms with E-state index >= 15 is 0 Å². The van der Waals surface area contributed by atoms with Crippen LogP contribution in [0.2, 0.25) is 5.02 Å². The van der Waals surface area contributed by atoms with E-state index in [1.54, 1.807) is 28.6 Å². The van der Waals surface area contributed by atoms with E-state index in [1.165, 1.54) is 5.56 Å². The summed E-state index contributed by atoms with van der Waals surface area (Å²) in [6.07, 6.45) is 4.15. The van der Waals surface area contributed by atoms with Crippen LogP contribution in [-0.2, 0) is 27.8 Å². The molecule has 6 nitrogen and oxygen atoms in total. The van der Waals surface area contributed by atoms with Crippen LogP contribution in [0.1, 0.15) is 36.8 Å². The lowest BCUT2D eigenvalue weighted by Gasteiger charge is -2.26. The minimum Gasteiger partial charge on any atom is -0.341 e.